The topological polar surface area (TPSA) is 47.6 Å². The Morgan fingerprint density at radius 3 is 2.05 bits per heavy atom. The Labute approximate surface area is 118 Å². The van der Waals surface area contributed by atoms with E-state index >= 15 is 0 Å². The van der Waals surface area contributed by atoms with E-state index in [1.807, 2.05) is 0 Å². The summed E-state index contributed by atoms with van der Waals surface area (Å²) in [6, 6.07) is 2.85. The third-order valence-electron chi connectivity index (χ3n) is 3.28. The van der Waals surface area contributed by atoms with E-state index in [0.717, 1.165) is 6.07 Å². The molecule has 0 bridgehead atoms. The standard InChI is InChI=1S/C15H8F4N2/c1-7-2-3-8(5-20)9(4-7)11-14(18)12(16)10(6-21)13(17)15(11)19/h3-4,9H,2H2,1H3. The Kier molecular flexibility index (Phi) is 3.82. The number of allylic oxidation sites excluding steroid dienone is 4. The van der Waals surface area contributed by atoms with Crippen molar-refractivity contribution in [1.29, 1.82) is 10.5 Å². The van der Waals surface area contributed by atoms with Crippen molar-refractivity contribution in [1.82, 2.24) is 0 Å². The van der Waals surface area contributed by atoms with Crippen molar-refractivity contribution in [2.45, 2.75) is 19.3 Å². The number of benzene rings is 1. The lowest BCUT2D eigenvalue weighted by Gasteiger charge is -2.20. The van der Waals surface area contributed by atoms with E-state index in [0.29, 0.717) is 12.0 Å². The molecule has 0 saturated carbocycles. The van der Waals surface area contributed by atoms with Crippen LogP contribution in [-0.4, -0.2) is 0 Å². The first kappa shape index (κ1) is 14.8. The van der Waals surface area contributed by atoms with Gasteiger partial charge in [-0.2, -0.15) is 10.5 Å². The molecule has 106 valence electrons. The van der Waals surface area contributed by atoms with E-state index in [4.69, 9.17) is 10.5 Å². The van der Waals surface area contributed by atoms with Crippen LogP contribution in [0.25, 0.3) is 0 Å². The van der Waals surface area contributed by atoms with Crippen LogP contribution in [-0.2, 0) is 0 Å². The van der Waals surface area contributed by atoms with Gasteiger partial charge in [0.25, 0.3) is 0 Å². The van der Waals surface area contributed by atoms with Crippen LogP contribution < -0.4 is 0 Å². The van der Waals surface area contributed by atoms with Crippen molar-refractivity contribution >= 4 is 0 Å². The van der Waals surface area contributed by atoms with E-state index in [-0.39, 0.29) is 5.57 Å². The molecule has 6 heteroatoms. The Hall–Kier alpha value is -2.60. The zero-order chi connectivity index (χ0) is 15.7. The molecule has 1 aromatic rings. The molecule has 0 amide bonds. The smallest absolute Gasteiger partial charge is 0.180 e. The summed E-state index contributed by atoms with van der Waals surface area (Å²) < 4.78 is 55.3. The van der Waals surface area contributed by atoms with Gasteiger partial charge in [-0.15, -0.1) is 0 Å². The van der Waals surface area contributed by atoms with Gasteiger partial charge in [-0.3, -0.25) is 0 Å². The molecule has 0 radical (unpaired) electrons. The molecule has 0 saturated heterocycles. The summed E-state index contributed by atoms with van der Waals surface area (Å²) in [6.45, 7) is 1.67. The van der Waals surface area contributed by atoms with E-state index < -0.39 is 40.3 Å². The first-order chi connectivity index (χ1) is 9.92. The minimum absolute atomic E-state index is 0.00177. The maximum Gasteiger partial charge on any atom is 0.180 e. The number of rotatable bonds is 1. The molecule has 0 spiro atoms. The third-order valence-corrected chi connectivity index (χ3v) is 3.28. The number of nitrogens with zero attached hydrogens (tertiary/aromatic N) is 2. The van der Waals surface area contributed by atoms with Crippen molar-refractivity contribution in [2.75, 3.05) is 0 Å². The normalized spacial score (nSPS) is 17.6. The van der Waals surface area contributed by atoms with Crippen molar-refractivity contribution in [3.8, 4) is 12.1 Å². The van der Waals surface area contributed by atoms with Gasteiger partial charge < -0.3 is 0 Å². The van der Waals surface area contributed by atoms with Gasteiger partial charge in [0.1, 0.15) is 11.6 Å². The molecule has 2 rings (SSSR count). The number of halogens is 4. The van der Waals surface area contributed by atoms with Crippen LogP contribution in [0.1, 0.15) is 30.4 Å². The van der Waals surface area contributed by atoms with Crippen molar-refractivity contribution in [3.63, 3.8) is 0 Å². The molecular formula is C15H8F4N2. The van der Waals surface area contributed by atoms with Gasteiger partial charge >= 0.3 is 0 Å². The maximum atomic E-state index is 14.0. The van der Waals surface area contributed by atoms with Crippen LogP contribution in [0.5, 0.6) is 0 Å². The van der Waals surface area contributed by atoms with Crippen LogP contribution in [0, 0.1) is 45.9 Å². The molecule has 0 aromatic heterocycles. The van der Waals surface area contributed by atoms with E-state index in [9.17, 15) is 17.6 Å². The number of hydrogen-bond acceptors (Lipinski definition) is 2. The zero-order valence-corrected chi connectivity index (χ0v) is 10.8. The highest BCUT2D eigenvalue weighted by Crippen LogP contribution is 2.37. The van der Waals surface area contributed by atoms with Crippen molar-refractivity contribution in [2.24, 2.45) is 0 Å². The number of hydrogen-bond donors (Lipinski definition) is 0. The van der Waals surface area contributed by atoms with Gasteiger partial charge in [0.2, 0.25) is 0 Å². The molecule has 1 aromatic carbocycles. The highest BCUT2D eigenvalue weighted by atomic mass is 19.2. The first-order valence-electron chi connectivity index (χ1n) is 5.95. The van der Waals surface area contributed by atoms with Crippen LogP contribution >= 0.6 is 0 Å². The SMILES string of the molecule is CC1=CC(c2c(F)c(F)c(C#N)c(F)c2F)C(C#N)=CC1. The lowest BCUT2D eigenvalue weighted by Crippen LogP contribution is -2.13. The zero-order valence-electron chi connectivity index (χ0n) is 10.8. The molecule has 1 aliphatic carbocycles. The summed E-state index contributed by atoms with van der Waals surface area (Å²) in [5, 5.41) is 17.5. The molecule has 0 aliphatic heterocycles. The lowest BCUT2D eigenvalue weighted by atomic mass is 9.84. The maximum absolute atomic E-state index is 14.0. The van der Waals surface area contributed by atoms with Gasteiger partial charge in [0.05, 0.1) is 6.07 Å². The second kappa shape index (κ2) is 5.41. The average molecular weight is 292 g/mol. The van der Waals surface area contributed by atoms with Gasteiger partial charge in [-0.05, 0) is 13.3 Å². The molecule has 1 aliphatic rings. The van der Waals surface area contributed by atoms with Gasteiger partial charge in [-0.1, -0.05) is 17.7 Å². The second-order valence-corrected chi connectivity index (χ2v) is 4.62. The summed E-state index contributed by atoms with van der Waals surface area (Å²) in [5.74, 6) is -8.01. The van der Waals surface area contributed by atoms with Gasteiger partial charge in [0, 0.05) is 17.1 Å². The first-order valence-corrected chi connectivity index (χ1v) is 5.95. The molecule has 0 fully saturated rings. The van der Waals surface area contributed by atoms with Gasteiger partial charge in [-0.25, -0.2) is 17.6 Å². The van der Waals surface area contributed by atoms with Crippen molar-refractivity contribution < 1.29 is 17.6 Å². The quantitative estimate of drug-likeness (QED) is 0.446. The molecule has 0 heterocycles. The Morgan fingerprint density at radius 1 is 1.00 bits per heavy atom. The summed E-state index contributed by atoms with van der Waals surface area (Å²) in [6.07, 6.45) is 3.25. The second-order valence-electron chi connectivity index (χ2n) is 4.62. The van der Waals surface area contributed by atoms with E-state index in [2.05, 4.69) is 0 Å². The van der Waals surface area contributed by atoms with Crippen LogP contribution in [0.3, 0.4) is 0 Å². The minimum Gasteiger partial charge on any atom is -0.203 e. The van der Waals surface area contributed by atoms with Crippen molar-refractivity contribution in [3.05, 3.63) is 57.7 Å². The summed E-state index contributed by atoms with van der Waals surface area (Å²) in [7, 11) is 0. The highest BCUT2D eigenvalue weighted by Gasteiger charge is 2.31. The Morgan fingerprint density at radius 2 is 1.57 bits per heavy atom. The average Bonchev–Trinajstić information content (AvgIpc) is 2.46. The predicted octanol–water partition coefficient (Wildman–Crippen LogP) is 4.00. The molecule has 0 N–H and O–H groups in total. The van der Waals surface area contributed by atoms with Crippen LogP contribution in [0.4, 0.5) is 17.6 Å². The molecule has 21 heavy (non-hydrogen) atoms. The van der Waals surface area contributed by atoms with Crippen LogP contribution in [0.2, 0.25) is 0 Å². The third kappa shape index (κ3) is 2.30. The minimum atomic E-state index is -1.75. The summed E-state index contributed by atoms with van der Waals surface area (Å²) in [5.41, 5.74) is -1.49. The molecule has 1 atom stereocenters. The number of nitriles is 2. The molecule has 2 nitrogen and oxygen atoms in total. The van der Waals surface area contributed by atoms with E-state index in [1.165, 1.54) is 12.2 Å². The Bertz CT molecular complexity index is 734. The molecular weight excluding hydrogens is 284 g/mol. The fraction of sp³-hybridized carbons (Fsp3) is 0.200. The lowest BCUT2D eigenvalue weighted by molar-refractivity contribution is 0.434. The largest absolute Gasteiger partial charge is 0.203 e. The Balaban J connectivity index is 2.77. The fourth-order valence-corrected chi connectivity index (χ4v) is 2.21. The highest BCUT2D eigenvalue weighted by molar-refractivity contribution is 5.48. The monoisotopic (exact) mass is 292 g/mol. The fourth-order valence-electron chi connectivity index (χ4n) is 2.21. The summed E-state index contributed by atoms with van der Waals surface area (Å²) >= 11 is 0. The van der Waals surface area contributed by atoms with E-state index in [1.54, 1.807) is 13.0 Å². The van der Waals surface area contributed by atoms with Crippen LogP contribution in [0.15, 0.2) is 23.3 Å². The predicted molar refractivity (Wildman–Crippen MR) is 65.8 cm³/mol. The summed E-state index contributed by atoms with van der Waals surface area (Å²) in [4.78, 5) is 0. The van der Waals surface area contributed by atoms with Gasteiger partial charge in [0.15, 0.2) is 23.3 Å². The molecule has 1 unspecified atom stereocenters.